The molecule has 0 spiro atoms. The van der Waals surface area contributed by atoms with Gasteiger partial charge in [0.25, 0.3) is 0 Å². The predicted octanol–water partition coefficient (Wildman–Crippen LogP) is 3.05. The van der Waals surface area contributed by atoms with E-state index in [0.29, 0.717) is 24.4 Å². The number of hydrogen-bond acceptors (Lipinski definition) is 4. The van der Waals surface area contributed by atoms with Crippen LogP contribution in [-0.4, -0.2) is 25.3 Å². The highest BCUT2D eigenvalue weighted by Crippen LogP contribution is 2.19. The fraction of sp³-hybridized carbons (Fsp3) is 0.263. The topological polar surface area (TPSA) is 83.4 Å². The van der Waals surface area contributed by atoms with Gasteiger partial charge in [0, 0.05) is 18.7 Å². The molecule has 2 aromatic carbocycles. The maximum absolute atomic E-state index is 12.0. The van der Waals surface area contributed by atoms with Crippen LogP contribution in [0.3, 0.4) is 0 Å². The lowest BCUT2D eigenvalue weighted by molar-refractivity contribution is 0.141. The fourth-order valence-electron chi connectivity index (χ4n) is 2.52. The summed E-state index contributed by atoms with van der Waals surface area (Å²) < 4.78 is 11.1. The molecule has 0 bridgehead atoms. The van der Waals surface area contributed by atoms with Gasteiger partial charge in [0.1, 0.15) is 11.9 Å². The van der Waals surface area contributed by atoms with Gasteiger partial charge in [0.15, 0.2) is 0 Å². The van der Waals surface area contributed by atoms with Crippen LogP contribution < -0.4 is 15.4 Å². The second-order valence-corrected chi connectivity index (χ2v) is 5.75. The molecule has 6 heteroatoms. The SMILES string of the molecule is N#Cc1cccc(CNC(=O)Nc2ccc(O[C@@H]3CCOC3)cc2)c1. The van der Waals surface area contributed by atoms with Crippen LogP contribution in [0.2, 0.25) is 0 Å². The van der Waals surface area contributed by atoms with Gasteiger partial charge in [0.05, 0.1) is 24.8 Å². The molecule has 1 heterocycles. The molecule has 1 aliphatic heterocycles. The number of rotatable bonds is 5. The molecule has 1 fully saturated rings. The molecule has 2 amide bonds. The Kier molecular flexibility index (Phi) is 5.50. The maximum atomic E-state index is 12.0. The van der Waals surface area contributed by atoms with Gasteiger partial charge in [-0.2, -0.15) is 5.26 Å². The Morgan fingerprint density at radius 1 is 1.28 bits per heavy atom. The number of hydrogen-bond donors (Lipinski definition) is 2. The van der Waals surface area contributed by atoms with Crippen molar-refractivity contribution >= 4 is 11.7 Å². The van der Waals surface area contributed by atoms with E-state index in [1.807, 2.05) is 18.2 Å². The van der Waals surface area contributed by atoms with Crippen LogP contribution >= 0.6 is 0 Å². The van der Waals surface area contributed by atoms with Crippen molar-refractivity contribution in [1.82, 2.24) is 5.32 Å². The van der Waals surface area contributed by atoms with Crippen molar-refractivity contribution in [3.05, 3.63) is 59.7 Å². The first-order chi connectivity index (χ1) is 12.2. The molecule has 3 rings (SSSR count). The van der Waals surface area contributed by atoms with Crippen LogP contribution in [0.25, 0.3) is 0 Å². The monoisotopic (exact) mass is 337 g/mol. The van der Waals surface area contributed by atoms with Crippen molar-refractivity contribution in [3.8, 4) is 11.8 Å². The molecule has 0 aromatic heterocycles. The molecule has 25 heavy (non-hydrogen) atoms. The quantitative estimate of drug-likeness (QED) is 0.878. The van der Waals surface area contributed by atoms with E-state index in [0.717, 1.165) is 24.3 Å². The second kappa shape index (κ2) is 8.18. The van der Waals surface area contributed by atoms with Gasteiger partial charge in [-0.3, -0.25) is 0 Å². The summed E-state index contributed by atoms with van der Waals surface area (Å²) in [7, 11) is 0. The zero-order chi connectivity index (χ0) is 17.5. The summed E-state index contributed by atoms with van der Waals surface area (Å²) in [6.07, 6.45) is 1.00. The van der Waals surface area contributed by atoms with Crippen molar-refractivity contribution in [2.24, 2.45) is 0 Å². The van der Waals surface area contributed by atoms with Crippen LogP contribution in [0.5, 0.6) is 5.75 Å². The van der Waals surface area contributed by atoms with Crippen molar-refractivity contribution in [2.45, 2.75) is 19.1 Å². The number of carbonyl (C=O) groups excluding carboxylic acids is 1. The van der Waals surface area contributed by atoms with E-state index in [2.05, 4.69) is 16.7 Å². The Morgan fingerprint density at radius 3 is 2.84 bits per heavy atom. The highest BCUT2D eigenvalue weighted by Gasteiger charge is 2.16. The molecule has 6 nitrogen and oxygen atoms in total. The van der Waals surface area contributed by atoms with Crippen molar-refractivity contribution < 1.29 is 14.3 Å². The lowest BCUT2D eigenvalue weighted by atomic mass is 10.1. The number of nitrogens with one attached hydrogen (secondary N) is 2. The summed E-state index contributed by atoms with van der Waals surface area (Å²) in [5, 5.41) is 14.4. The van der Waals surface area contributed by atoms with Crippen LogP contribution in [-0.2, 0) is 11.3 Å². The first-order valence-corrected chi connectivity index (χ1v) is 8.11. The molecule has 1 aliphatic rings. The highest BCUT2D eigenvalue weighted by atomic mass is 16.5. The number of ether oxygens (including phenoxy) is 2. The molecule has 128 valence electrons. The smallest absolute Gasteiger partial charge is 0.319 e. The maximum Gasteiger partial charge on any atom is 0.319 e. The Hall–Kier alpha value is -3.04. The number of nitriles is 1. The standard InChI is InChI=1S/C19H19N3O3/c20-11-14-2-1-3-15(10-14)12-21-19(23)22-16-4-6-17(7-5-16)25-18-8-9-24-13-18/h1-7,10,18H,8-9,12-13H2,(H2,21,22,23)/t18-/m1/s1. The van der Waals surface area contributed by atoms with E-state index in [4.69, 9.17) is 14.7 Å². The Balaban J connectivity index is 1.48. The van der Waals surface area contributed by atoms with Crippen LogP contribution in [0, 0.1) is 11.3 Å². The van der Waals surface area contributed by atoms with E-state index >= 15 is 0 Å². The van der Waals surface area contributed by atoms with Gasteiger partial charge in [-0.05, 0) is 42.0 Å². The molecule has 0 saturated carbocycles. The Bertz CT molecular complexity index is 762. The molecule has 1 atom stereocenters. The highest BCUT2D eigenvalue weighted by molar-refractivity contribution is 5.89. The number of urea groups is 1. The Morgan fingerprint density at radius 2 is 2.12 bits per heavy atom. The Labute approximate surface area is 146 Å². The summed E-state index contributed by atoms with van der Waals surface area (Å²) in [6.45, 7) is 1.71. The zero-order valence-corrected chi connectivity index (χ0v) is 13.7. The fourth-order valence-corrected chi connectivity index (χ4v) is 2.52. The largest absolute Gasteiger partial charge is 0.488 e. The van der Waals surface area contributed by atoms with Crippen LogP contribution in [0.1, 0.15) is 17.5 Å². The lowest BCUT2D eigenvalue weighted by Crippen LogP contribution is -2.28. The third kappa shape index (κ3) is 4.96. The van der Waals surface area contributed by atoms with E-state index < -0.39 is 0 Å². The summed E-state index contributed by atoms with van der Waals surface area (Å²) >= 11 is 0. The van der Waals surface area contributed by atoms with Gasteiger partial charge in [-0.15, -0.1) is 0 Å². The van der Waals surface area contributed by atoms with Gasteiger partial charge in [-0.1, -0.05) is 12.1 Å². The van der Waals surface area contributed by atoms with E-state index in [1.54, 1.807) is 30.3 Å². The van der Waals surface area contributed by atoms with E-state index in [9.17, 15) is 4.79 Å². The molecular weight excluding hydrogens is 318 g/mol. The predicted molar refractivity (Wildman–Crippen MR) is 93.3 cm³/mol. The van der Waals surface area contributed by atoms with Gasteiger partial charge in [0.2, 0.25) is 0 Å². The zero-order valence-electron chi connectivity index (χ0n) is 13.7. The molecule has 0 aliphatic carbocycles. The molecule has 0 unspecified atom stereocenters. The molecule has 0 radical (unpaired) electrons. The first-order valence-electron chi connectivity index (χ1n) is 8.11. The lowest BCUT2D eigenvalue weighted by Gasteiger charge is -2.12. The number of carbonyl (C=O) groups is 1. The normalized spacial score (nSPS) is 16.0. The number of anilines is 1. The van der Waals surface area contributed by atoms with E-state index in [-0.39, 0.29) is 12.1 Å². The van der Waals surface area contributed by atoms with Crippen LogP contribution in [0.15, 0.2) is 48.5 Å². The molecule has 1 saturated heterocycles. The molecule has 2 N–H and O–H groups in total. The number of benzene rings is 2. The average Bonchev–Trinajstić information content (AvgIpc) is 3.15. The van der Waals surface area contributed by atoms with Crippen molar-refractivity contribution in [2.75, 3.05) is 18.5 Å². The second-order valence-electron chi connectivity index (χ2n) is 5.75. The summed E-state index contributed by atoms with van der Waals surface area (Å²) in [4.78, 5) is 12.0. The minimum Gasteiger partial charge on any atom is -0.488 e. The van der Waals surface area contributed by atoms with Gasteiger partial charge >= 0.3 is 6.03 Å². The summed E-state index contributed by atoms with van der Waals surface area (Å²) in [5.74, 6) is 0.759. The minimum atomic E-state index is -0.305. The minimum absolute atomic E-state index is 0.103. The molecular formula is C19H19N3O3. The first kappa shape index (κ1) is 16.8. The third-order valence-corrected chi connectivity index (χ3v) is 3.81. The van der Waals surface area contributed by atoms with Gasteiger partial charge < -0.3 is 20.1 Å². The van der Waals surface area contributed by atoms with Crippen molar-refractivity contribution in [3.63, 3.8) is 0 Å². The van der Waals surface area contributed by atoms with E-state index in [1.165, 1.54) is 0 Å². The summed E-state index contributed by atoms with van der Waals surface area (Å²) in [5.41, 5.74) is 2.12. The van der Waals surface area contributed by atoms with Gasteiger partial charge in [-0.25, -0.2) is 4.79 Å². The average molecular weight is 337 g/mol. The van der Waals surface area contributed by atoms with Crippen LogP contribution in [0.4, 0.5) is 10.5 Å². The number of nitrogens with zero attached hydrogens (tertiary/aromatic N) is 1. The molecule has 2 aromatic rings. The third-order valence-electron chi connectivity index (χ3n) is 3.81. The van der Waals surface area contributed by atoms with Crippen molar-refractivity contribution in [1.29, 1.82) is 5.26 Å². The summed E-state index contributed by atoms with van der Waals surface area (Å²) in [6, 6.07) is 16.1. The number of amides is 2.